The third-order valence-corrected chi connectivity index (χ3v) is 5.10. The summed E-state index contributed by atoms with van der Waals surface area (Å²) in [5.74, 6) is 0.507. The Labute approximate surface area is 144 Å². The van der Waals surface area contributed by atoms with E-state index in [0.29, 0.717) is 15.2 Å². The van der Waals surface area contributed by atoms with Crippen molar-refractivity contribution in [2.75, 3.05) is 24.2 Å². The zero-order chi connectivity index (χ0) is 16.9. The predicted octanol–water partition coefficient (Wildman–Crippen LogP) is 2.56. The summed E-state index contributed by atoms with van der Waals surface area (Å²) >= 11 is 2.64. The van der Waals surface area contributed by atoms with Crippen molar-refractivity contribution in [3.63, 3.8) is 0 Å². The molecule has 1 aromatic rings. The molecule has 7 nitrogen and oxygen atoms in total. The number of nitrogens with zero attached hydrogens (tertiary/aromatic N) is 3. The Morgan fingerprint density at radius 3 is 2.57 bits per heavy atom. The van der Waals surface area contributed by atoms with Crippen LogP contribution in [0.25, 0.3) is 0 Å². The van der Waals surface area contributed by atoms with Gasteiger partial charge in [0, 0.05) is 18.6 Å². The first-order valence-electron chi connectivity index (χ1n) is 7.67. The van der Waals surface area contributed by atoms with Crippen molar-refractivity contribution >= 4 is 40.2 Å². The van der Waals surface area contributed by atoms with Crippen molar-refractivity contribution in [1.82, 2.24) is 20.4 Å². The minimum absolute atomic E-state index is 0.143. The van der Waals surface area contributed by atoms with Gasteiger partial charge in [0.2, 0.25) is 11.0 Å². The Balaban J connectivity index is 1.78. The van der Waals surface area contributed by atoms with E-state index in [1.165, 1.54) is 29.5 Å². The molecule has 23 heavy (non-hydrogen) atoms. The highest BCUT2D eigenvalue weighted by Crippen LogP contribution is 2.26. The molecule has 2 N–H and O–H groups in total. The van der Waals surface area contributed by atoms with E-state index in [0.717, 1.165) is 25.9 Å². The van der Waals surface area contributed by atoms with Crippen LogP contribution < -0.4 is 10.6 Å². The summed E-state index contributed by atoms with van der Waals surface area (Å²) < 4.78 is 0.682. The summed E-state index contributed by atoms with van der Waals surface area (Å²) in [5, 5.41) is 13.8. The minimum atomic E-state index is -0.312. The average molecular weight is 358 g/mol. The van der Waals surface area contributed by atoms with Gasteiger partial charge in [0.25, 0.3) is 0 Å². The first-order valence-corrected chi connectivity index (χ1v) is 9.47. The van der Waals surface area contributed by atoms with Crippen LogP contribution in [0, 0.1) is 0 Å². The van der Waals surface area contributed by atoms with Crippen LogP contribution in [0.2, 0.25) is 0 Å². The second-order valence-corrected chi connectivity index (χ2v) is 8.63. The topological polar surface area (TPSA) is 87.2 Å². The monoisotopic (exact) mass is 357 g/mol. The number of thioether (sulfide) groups is 1. The van der Waals surface area contributed by atoms with E-state index in [9.17, 15) is 9.59 Å². The average Bonchev–Trinajstić information content (AvgIpc) is 2.91. The van der Waals surface area contributed by atoms with Gasteiger partial charge in [0.05, 0.1) is 5.75 Å². The Bertz CT molecular complexity index is 550. The second-order valence-electron chi connectivity index (χ2n) is 6.43. The van der Waals surface area contributed by atoms with Gasteiger partial charge < -0.3 is 10.2 Å². The number of nitrogens with one attached hydrogen (secondary N) is 2. The Morgan fingerprint density at radius 2 is 1.91 bits per heavy atom. The van der Waals surface area contributed by atoms with Crippen LogP contribution in [0.5, 0.6) is 0 Å². The zero-order valence-corrected chi connectivity index (χ0v) is 15.4. The molecule has 1 aromatic heterocycles. The molecule has 1 aliphatic rings. The molecule has 128 valence electrons. The predicted molar refractivity (Wildman–Crippen MR) is 93.0 cm³/mol. The molecule has 0 aromatic carbocycles. The number of aromatic nitrogens is 2. The first-order chi connectivity index (χ1) is 10.8. The molecule has 0 radical (unpaired) electrons. The molecule has 0 aliphatic carbocycles. The Hall–Kier alpha value is -1.35. The van der Waals surface area contributed by atoms with E-state index in [2.05, 4.69) is 20.8 Å². The summed E-state index contributed by atoms with van der Waals surface area (Å²) in [6, 6.07) is -0.311. The van der Waals surface area contributed by atoms with Crippen molar-refractivity contribution < 1.29 is 9.59 Å². The zero-order valence-electron chi connectivity index (χ0n) is 13.7. The minimum Gasteiger partial charge on any atom is -0.342 e. The highest BCUT2D eigenvalue weighted by atomic mass is 32.2. The highest BCUT2D eigenvalue weighted by molar-refractivity contribution is 8.01. The van der Waals surface area contributed by atoms with Gasteiger partial charge in [-0.2, -0.15) is 0 Å². The van der Waals surface area contributed by atoms with Crippen LogP contribution in [0.3, 0.4) is 0 Å². The van der Waals surface area contributed by atoms with Gasteiger partial charge in [-0.05, 0) is 40.0 Å². The Morgan fingerprint density at radius 1 is 1.22 bits per heavy atom. The van der Waals surface area contributed by atoms with Gasteiger partial charge in [-0.3, -0.25) is 10.1 Å². The quantitative estimate of drug-likeness (QED) is 0.639. The normalized spacial score (nSPS) is 15.3. The molecular weight excluding hydrogens is 334 g/mol. The van der Waals surface area contributed by atoms with E-state index < -0.39 is 0 Å². The lowest BCUT2D eigenvalue weighted by Crippen LogP contribution is -2.43. The number of rotatable bonds is 4. The van der Waals surface area contributed by atoms with Gasteiger partial charge >= 0.3 is 6.03 Å². The van der Waals surface area contributed by atoms with Crippen molar-refractivity contribution in [2.24, 2.45) is 0 Å². The summed E-state index contributed by atoms with van der Waals surface area (Å²) in [5.41, 5.74) is -0.312. The van der Waals surface area contributed by atoms with Crippen LogP contribution in [-0.2, 0) is 4.79 Å². The van der Waals surface area contributed by atoms with Crippen LogP contribution in [-0.4, -0.2) is 51.4 Å². The molecule has 0 atom stereocenters. The standard InChI is InChI=1S/C14H23N5O2S2/c1-14(2,3)16-11(21)15-12-17-18-13(23-12)22-9-10(20)19-7-5-4-6-8-19/h4-9H2,1-3H3,(H2,15,16,17,21). The number of urea groups is 1. The van der Waals surface area contributed by atoms with Crippen molar-refractivity contribution in [1.29, 1.82) is 0 Å². The van der Waals surface area contributed by atoms with Crippen LogP contribution in [0.1, 0.15) is 40.0 Å². The van der Waals surface area contributed by atoms with Crippen molar-refractivity contribution in [3.05, 3.63) is 0 Å². The summed E-state index contributed by atoms with van der Waals surface area (Å²) in [4.78, 5) is 25.8. The van der Waals surface area contributed by atoms with Crippen LogP contribution in [0.4, 0.5) is 9.93 Å². The summed E-state index contributed by atoms with van der Waals surface area (Å²) in [6.07, 6.45) is 3.39. The number of amides is 3. The van der Waals surface area contributed by atoms with E-state index in [-0.39, 0.29) is 17.5 Å². The molecule has 0 saturated carbocycles. The fourth-order valence-electron chi connectivity index (χ4n) is 2.15. The van der Waals surface area contributed by atoms with Crippen molar-refractivity contribution in [3.8, 4) is 0 Å². The van der Waals surface area contributed by atoms with E-state index in [1.807, 2.05) is 25.7 Å². The molecule has 0 spiro atoms. The molecule has 1 saturated heterocycles. The van der Waals surface area contributed by atoms with Gasteiger partial charge in [-0.1, -0.05) is 23.1 Å². The molecule has 1 aliphatic heterocycles. The molecule has 2 rings (SSSR count). The number of likely N-dealkylation sites (tertiary alicyclic amines) is 1. The van der Waals surface area contributed by atoms with Gasteiger partial charge in [-0.25, -0.2) is 4.79 Å². The third-order valence-electron chi connectivity index (χ3n) is 3.14. The first kappa shape index (κ1) is 18.0. The van der Waals surface area contributed by atoms with Gasteiger partial charge in [0.1, 0.15) is 0 Å². The molecule has 3 amide bonds. The molecular formula is C14H23N5O2S2. The van der Waals surface area contributed by atoms with Crippen LogP contribution >= 0.6 is 23.1 Å². The molecule has 0 bridgehead atoms. The van der Waals surface area contributed by atoms with E-state index >= 15 is 0 Å². The maximum atomic E-state index is 12.1. The van der Waals surface area contributed by atoms with E-state index in [4.69, 9.17) is 0 Å². The Kier molecular flexibility index (Phi) is 6.23. The van der Waals surface area contributed by atoms with Crippen molar-refractivity contribution in [2.45, 2.75) is 49.9 Å². The third kappa shape index (κ3) is 6.34. The fraction of sp³-hybridized carbons (Fsp3) is 0.714. The molecule has 2 heterocycles. The lowest BCUT2D eigenvalue weighted by atomic mass is 10.1. The lowest BCUT2D eigenvalue weighted by Gasteiger charge is -2.26. The largest absolute Gasteiger partial charge is 0.342 e. The summed E-state index contributed by atoms with van der Waals surface area (Å²) in [7, 11) is 0. The second kappa shape index (κ2) is 7.96. The number of carbonyl (C=O) groups is 2. The number of carbonyl (C=O) groups excluding carboxylic acids is 2. The number of anilines is 1. The molecule has 9 heteroatoms. The van der Waals surface area contributed by atoms with Gasteiger partial charge in [-0.15, -0.1) is 10.2 Å². The lowest BCUT2D eigenvalue weighted by molar-refractivity contribution is -0.129. The SMILES string of the molecule is CC(C)(C)NC(=O)Nc1nnc(SCC(=O)N2CCCCC2)s1. The highest BCUT2D eigenvalue weighted by Gasteiger charge is 2.18. The number of piperidine rings is 1. The van der Waals surface area contributed by atoms with Gasteiger partial charge in [0.15, 0.2) is 4.34 Å². The van der Waals surface area contributed by atoms with Crippen LogP contribution in [0.15, 0.2) is 4.34 Å². The number of hydrogen-bond acceptors (Lipinski definition) is 6. The molecule has 0 unspecified atom stereocenters. The maximum absolute atomic E-state index is 12.1. The van der Waals surface area contributed by atoms with E-state index in [1.54, 1.807) is 0 Å². The summed E-state index contributed by atoms with van der Waals surface area (Å²) in [6.45, 7) is 7.42. The molecule has 1 fully saturated rings. The maximum Gasteiger partial charge on any atom is 0.321 e. The number of hydrogen-bond donors (Lipinski definition) is 2. The smallest absolute Gasteiger partial charge is 0.321 e. The fourth-order valence-corrected chi connectivity index (χ4v) is 3.80.